The van der Waals surface area contributed by atoms with Gasteiger partial charge in [0.2, 0.25) is 35.1 Å². The van der Waals surface area contributed by atoms with Crippen molar-refractivity contribution >= 4 is 92.1 Å². The normalized spacial score (nSPS) is 15.0. The van der Waals surface area contributed by atoms with E-state index in [1.54, 1.807) is 112 Å². The molecule has 8 aromatic rings. The molecule has 0 bridgehead atoms. The quantitative estimate of drug-likeness (QED) is 0.0152. The Morgan fingerprint density at radius 2 is 0.901 bits per heavy atom. The van der Waals surface area contributed by atoms with Crippen molar-refractivity contribution in [3.05, 3.63) is 153 Å². The zero-order valence-electron chi connectivity index (χ0n) is 62.7. The highest BCUT2D eigenvalue weighted by Gasteiger charge is 2.47. The summed E-state index contributed by atoms with van der Waals surface area (Å²) in [5, 5.41) is 25.2. The number of amides is 9. The van der Waals surface area contributed by atoms with Crippen molar-refractivity contribution in [1.29, 1.82) is 0 Å². The van der Waals surface area contributed by atoms with E-state index in [0.29, 0.717) is 98.2 Å². The van der Waals surface area contributed by atoms with Crippen LogP contribution in [-0.4, -0.2) is 173 Å². The molecule has 0 aliphatic carbocycles. The van der Waals surface area contributed by atoms with E-state index in [1.165, 1.54) is 56.4 Å². The fourth-order valence-corrected chi connectivity index (χ4v) is 13.7. The van der Waals surface area contributed by atoms with Crippen LogP contribution in [-0.2, 0) is 42.9 Å². The predicted octanol–water partition coefficient (Wildman–Crippen LogP) is 7.85. The first-order valence-corrected chi connectivity index (χ1v) is 36.6. The molecular weight excluding hydrogens is 1430 g/mol. The first-order valence-electron chi connectivity index (χ1n) is 36.6. The number of piperidine rings is 2. The second-order valence-electron chi connectivity index (χ2n) is 26.7. The molecule has 584 valence electrons. The Kier molecular flexibility index (Phi) is 27.7. The summed E-state index contributed by atoms with van der Waals surface area (Å²) in [4.78, 5) is 158. The SMILES string of the molecule is COc1cc(-c2cn(C)c(=O)c3cnccc23)cc(OCC(=O)NCCCCCCCCNc2cccc3c2C(=O)N(C2CCC(=O)NC2=O)C3=O)c1OC.COc1cc(-c2cn(C)c(=O)c3cnccc23)cc(OCC(=O)O)c1OC.NCCCCCCCCNc1cccc2c1C(=O)N(C1CCC(=O)NC1=O)C2=O. The van der Waals surface area contributed by atoms with Crippen molar-refractivity contribution in [3.63, 3.8) is 0 Å². The van der Waals surface area contributed by atoms with Crippen LogP contribution in [0.1, 0.15) is 144 Å². The summed E-state index contributed by atoms with van der Waals surface area (Å²) in [6.45, 7) is 1.79. The van der Waals surface area contributed by atoms with Gasteiger partial charge in [-0.25, -0.2) is 4.79 Å². The summed E-state index contributed by atoms with van der Waals surface area (Å²) in [5.74, 6) is -3.46. The summed E-state index contributed by atoms with van der Waals surface area (Å²) in [5.41, 5.74) is 10.3. The number of aryl methyl sites for hydroxylation is 2. The fraction of sp³-hybridized carbons (Fsp3) is 0.375. The minimum Gasteiger partial charge on any atom is -0.493 e. The number of hydrogen-bond donors (Lipinski definition) is 7. The summed E-state index contributed by atoms with van der Waals surface area (Å²) < 4.78 is 36.1. The number of fused-ring (bicyclic) bond motifs is 4. The Bertz CT molecular complexity index is 5000. The lowest BCUT2D eigenvalue weighted by Gasteiger charge is -2.27. The molecule has 2 unspecified atom stereocenters. The second kappa shape index (κ2) is 38.0. The van der Waals surface area contributed by atoms with Gasteiger partial charge in [0, 0.05) is 106 Å². The predicted molar refractivity (Wildman–Crippen MR) is 410 cm³/mol. The van der Waals surface area contributed by atoms with Crippen molar-refractivity contribution in [2.45, 2.75) is 115 Å². The highest BCUT2D eigenvalue weighted by Crippen LogP contribution is 2.45. The molecule has 12 rings (SSSR count). The van der Waals surface area contributed by atoms with Gasteiger partial charge in [-0.2, -0.15) is 0 Å². The van der Waals surface area contributed by atoms with Gasteiger partial charge in [0.15, 0.2) is 36.2 Å². The van der Waals surface area contributed by atoms with Crippen LogP contribution in [0.4, 0.5) is 11.4 Å². The van der Waals surface area contributed by atoms with Gasteiger partial charge in [-0.05, 0) is 128 Å². The van der Waals surface area contributed by atoms with Crippen LogP contribution >= 0.6 is 0 Å². The third kappa shape index (κ3) is 19.0. The molecule has 4 aliphatic rings. The van der Waals surface area contributed by atoms with Crippen LogP contribution in [0.3, 0.4) is 0 Å². The van der Waals surface area contributed by atoms with E-state index in [-0.39, 0.29) is 72.1 Å². The second-order valence-corrected chi connectivity index (χ2v) is 26.7. The van der Waals surface area contributed by atoms with E-state index >= 15 is 0 Å². The van der Waals surface area contributed by atoms with Crippen molar-refractivity contribution in [2.75, 3.05) is 78.5 Å². The summed E-state index contributed by atoms with van der Waals surface area (Å²) in [7, 11) is 9.26. The van der Waals surface area contributed by atoms with Gasteiger partial charge in [0.1, 0.15) is 12.1 Å². The summed E-state index contributed by atoms with van der Waals surface area (Å²) in [6.07, 6.45) is 22.3. The third-order valence-corrected chi connectivity index (χ3v) is 19.3. The molecule has 4 aliphatic heterocycles. The molecule has 0 saturated carbocycles. The van der Waals surface area contributed by atoms with Crippen molar-refractivity contribution < 1.29 is 81.5 Å². The van der Waals surface area contributed by atoms with Crippen LogP contribution in [0.15, 0.2) is 120 Å². The highest BCUT2D eigenvalue weighted by atomic mass is 16.5. The number of methoxy groups -OCH3 is 4. The molecule has 9 amide bonds. The maximum atomic E-state index is 13.3. The van der Waals surface area contributed by atoms with Gasteiger partial charge in [0.25, 0.3) is 40.7 Å². The standard InChI is InChI=1S/C40H44N6O9.C21H28N4O4.C19H18N2O6/c1-45-22-28(25-15-18-41-21-27(25)38(45)50)24-19-31(53-2)36(54-3)32(20-24)55-23-34(48)43-17-9-7-5-4-6-8-16-42-29-12-10-11-26-35(29)40(52)46(39(26)51)30-13-14-33(47)44-37(30)49;22-12-5-3-1-2-4-6-13-23-15-9-7-8-14-18(15)21(29)25(20(14)28)16-10-11-17(26)24-19(16)27;1-21-9-14(12-4-5-20-8-13(12)19(21)24)11-6-15(25-2)18(26-3)16(7-11)27-10-17(22)23/h10-12,15,18-22,30,42H,4-9,13-14,16-17,23H2,1-3H3,(H,43,48)(H,44,47,49);7-9,16,23H,1-6,10-13,22H2,(H,24,26,27);4-9H,10H2,1-3H3,(H,22,23). The number of benzene rings is 4. The minimum absolute atomic E-state index is 0.0693. The molecule has 8 N–H and O–H groups in total. The Labute approximate surface area is 638 Å². The highest BCUT2D eigenvalue weighted by molar-refractivity contribution is 6.26. The van der Waals surface area contributed by atoms with Gasteiger partial charge < -0.3 is 64.3 Å². The number of aliphatic carboxylic acids is 1. The molecule has 2 fully saturated rings. The number of carboxylic acid groups (broad SMARTS) is 1. The van der Waals surface area contributed by atoms with Gasteiger partial charge in [-0.1, -0.05) is 63.5 Å². The van der Waals surface area contributed by atoms with Crippen LogP contribution in [0.2, 0.25) is 0 Å². The average molecular weight is 1520 g/mol. The molecule has 0 radical (unpaired) electrons. The van der Waals surface area contributed by atoms with E-state index < -0.39 is 66.0 Å². The number of anilines is 2. The monoisotopic (exact) mass is 1520 g/mol. The zero-order valence-corrected chi connectivity index (χ0v) is 62.7. The Morgan fingerprint density at radius 3 is 1.31 bits per heavy atom. The number of nitrogens with zero attached hydrogens (tertiary/aromatic N) is 6. The van der Waals surface area contributed by atoms with E-state index in [2.05, 4.69) is 36.6 Å². The minimum atomic E-state index is -1.11. The maximum Gasteiger partial charge on any atom is 0.341 e. The lowest BCUT2D eigenvalue weighted by atomic mass is 10.0. The number of hydrogen-bond acceptors (Lipinski definition) is 23. The summed E-state index contributed by atoms with van der Waals surface area (Å²) in [6, 6.07) is 18.7. The number of ether oxygens (including phenoxy) is 6. The van der Waals surface area contributed by atoms with Gasteiger partial charge in [0.05, 0.1) is 61.5 Å². The topological polar surface area (TPSA) is 409 Å². The number of carbonyl (C=O) groups is 10. The molecule has 0 spiro atoms. The number of rotatable bonds is 33. The van der Waals surface area contributed by atoms with Crippen LogP contribution in [0.25, 0.3) is 43.8 Å². The van der Waals surface area contributed by atoms with Crippen LogP contribution in [0, 0.1) is 0 Å². The van der Waals surface area contributed by atoms with E-state index in [9.17, 15) is 57.5 Å². The molecular formula is C80H90N12O19. The first-order chi connectivity index (χ1) is 53.6. The molecule has 31 heteroatoms. The third-order valence-electron chi connectivity index (χ3n) is 19.3. The number of carboxylic acids is 1. The van der Waals surface area contributed by atoms with Gasteiger partial charge in [-0.15, -0.1) is 0 Å². The summed E-state index contributed by atoms with van der Waals surface area (Å²) >= 11 is 0. The first kappa shape index (κ1) is 81.0. The number of carbonyl (C=O) groups excluding carboxylic acids is 9. The van der Waals surface area contributed by atoms with Crippen molar-refractivity contribution in [2.24, 2.45) is 19.8 Å². The number of pyridine rings is 4. The molecule has 111 heavy (non-hydrogen) atoms. The Balaban J connectivity index is 0.000000196. The maximum absolute atomic E-state index is 13.3. The number of imide groups is 4. The van der Waals surface area contributed by atoms with E-state index in [1.807, 2.05) is 0 Å². The fourth-order valence-electron chi connectivity index (χ4n) is 13.7. The molecule has 4 aromatic heterocycles. The van der Waals surface area contributed by atoms with E-state index in [4.69, 9.17) is 39.3 Å². The van der Waals surface area contributed by atoms with Crippen molar-refractivity contribution in [1.82, 2.24) is 44.9 Å². The number of nitrogens with two attached hydrogens (primary N) is 1. The molecule has 2 saturated heterocycles. The smallest absolute Gasteiger partial charge is 0.341 e. The number of unbranched alkanes of at least 4 members (excludes halogenated alkanes) is 10. The van der Waals surface area contributed by atoms with Gasteiger partial charge >= 0.3 is 5.97 Å². The lowest BCUT2D eigenvalue weighted by molar-refractivity contribution is -0.139. The molecule has 8 heterocycles. The zero-order chi connectivity index (χ0) is 79.4. The van der Waals surface area contributed by atoms with Gasteiger partial charge in [-0.3, -0.25) is 83.1 Å². The largest absolute Gasteiger partial charge is 0.493 e. The van der Waals surface area contributed by atoms with Crippen LogP contribution < -0.4 is 71.9 Å². The lowest BCUT2D eigenvalue weighted by Crippen LogP contribution is -2.54. The number of aromatic nitrogens is 4. The van der Waals surface area contributed by atoms with Crippen LogP contribution in [0.5, 0.6) is 34.5 Å². The van der Waals surface area contributed by atoms with E-state index in [0.717, 1.165) is 103 Å². The number of nitrogens with one attached hydrogen (secondary N) is 5. The van der Waals surface area contributed by atoms with Crippen molar-refractivity contribution in [3.8, 4) is 56.8 Å². The average Bonchev–Trinajstić information content (AvgIpc) is 1.51. The Morgan fingerprint density at radius 1 is 0.495 bits per heavy atom. The Hall–Kier alpha value is -12.5. The molecule has 4 aromatic carbocycles. The molecule has 2 atom stereocenters. The molecule has 31 nitrogen and oxygen atoms in total.